The van der Waals surface area contributed by atoms with Gasteiger partial charge in [-0.15, -0.1) is 0 Å². The second-order valence-electron chi connectivity index (χ2n) is 7.91. The highest BCUT2D eigenvalue weighted by Gasteiger charge is 2.20. The third-order valence-electron chi connectivity index (χ3n) is 5.50. The summed E-state index contributed by atoms with van der Waals surface area (Å²) in [6.45, 7) is 0. The molecule has 0 saturated heterocycles. The molecule has 150 valence electrons. The van der Waals surface area contributed by atoms with E-state index in [1.54, 1.807) is 6.08 Å². The molecule has 0 heterocycles. The van der Waals surface area contributed by atoms with Gasteiger partial charge in [0.1, 0.15) is 0 Å². The van der Waals surface area contributed by atoms with Gasteiger partial charge in [0.05, 0.1) is 0 Å². The first kappa shape index (κ1) is 19.7. The maximum absolute atomic E-state index is 12.4. The number of anilines is 2. The third kappa shape index (κ3) is 3.67. The molecule has 1 aliphatic rings. The summed E-state index contributed by atoms with van der Waals surface area (Å²) in [6.07, 6.45) is 3.64. The Kier molecular flexibility index (Phi) is 5.28. The summed E-state index contributed by atoms with van der Waals surface area (Å²) in [6, 6.07) is 25.0. The van der Waals surface area contributed by atoms with Gasteiger partial charge in [-0.2, -0.15) is 0 Å². The monoisotopic (exact) mass is 394 g/mol. The van der Waals surface area contributed by atoms with Crippen LogP contribution in [0.4, 0.5) is 11.4 Å². The molecule has 0 radical (unpaired) electrons. The molecule has 0 aromatic heterocycles. The van der Waals surface area contributed by atoms with Crippen molar-refractivity contribution in [1.82, 2.24) is 0 Å². The van der Waals surface area contributed by atoms with Gasteiger partial charge >= 0.3 is 0 Å². The molecule has 0 bridgehead atoms. The highest BCUT2D eigenvalue weighted by Crippen LogP contribution is 2.37. The number of benzene rings is 3. The van der Waals surface area contributed by atoms with Crippen molar-refractivity contribution in [2.75, 3.05) is 38.0 Å². The summed E-state index contributed by atoms with van der Waals surface area (Å²) in [4.78, 5) is 16.6. The van der Waals surface area contributed by atoms with Crippen LogP contribution in [0.15, 0.2) is 84.9 Å². The van der Waals surface area contributed by atoms with Crippen molar-refractivity contribution in [3.05, 3.63) is 107 Å². The molecule has 3 aromatic rings. The first-order valence-electron chi connectivity index (χ1n) is 10.1. The smallest absolute Gasteiger partial charge is 0.186 e. The number of nitrogens with zero attached hydrogens (tertiary/aromatic N) is 2. The van der Waals surface area contributed by atoms with Crippen LogP contribution in [0.5, 0.6) is 0 Å². The van der Waals surface area contributed by atoms with Crippen LogP contribution in [-0.2, 0) is 0 Å². The second-order valence-corrected chi connectivity index (χ2v) is 7.91. The van der Waals surface area contributed by atoms with E-state index >= 15 is 0 Å². The SMILES string of the molecule is CN(C)c1ccc(C(=C2C=CC(=O)c3ccccc32)c2ccc(N(C)C)cc2)cc1. The number of ketones is 1. The Labute approximate surface area is 178 Å². The Morgan fingerprint density at radius 1 is 0.600 bits per heavy atom. The van der Waals surface area contributed by atoms with E-state index in [1.807, 2.05) is 58.5 Å². The molecule has 0 spiro atoms. The molecule has 4 rings (SSSR count). The topological polar surface area (TPSA) is 23.6 Å². The predicted octanol–water partition coefficient (Wildman–Crippen LogP) is 5.53. The second kappa shape index (κ2) is 8.03. The Morgan fingerprint density at radius 3 is 1.53 bits per heavy atom. The van der Waals surface area contributed by atoms with Crippen LogP contribution in [0.2, 0.25) is 0 Å². The summed E-state index contributed by atoms with van der Waals surface area (Å²) in [7, 11) is 8.17. The van der Waals surface area contributed by atoms with Gasteiger partial charge in [-0.25, -0.2) is 0 Å². The first-order valence-corrected chi connectivity index (χ1v) is 10.1. The number of hydrogen-bond acceptors (Lipinski definition) is 3. The fraction of sp³-hybridized carbons (Fsp3) is 0.148. The van der Waals surface area contributed by atoms with Crippen LogP contribution in [0.1, 0.15) is 27.0 Å². The van der Waals surface area contributed by atoms with Gasteiger partial charge in [0.25, 0.3) is 0 Å². The molecule has 1 aliphatic carbocycles. The standard InChI is InChI=1S/C27H26N2O/c1-28(2)21-13-9-19(10-14-21)27(20-11-15-22(16-12-20)29(3)4)25-17-18-26(30)24-8-6-5-7-23(24)25/h5-18H,1-4H3. The summed E-state index contributed by atoms with van der Waals surface area (Å²) in [5.74, 6) is 0.0552. The maximum atomic E-state index is 12.4. The quantitative estimate of drug-likeness (QED) is 0.581. The van der Waals surface area contributed by atoms with Gasteiger partial charge in [0.2, 0.25) is 0 Å². The van der Waals surface area contributed by atoms with Crippen molar-refractivity contribution in [2.45, 2.75) is 0 Å². The molecule has 3 aromatic carbocycles. The van der Waals surface area contributed by atoms with Gasteiger partial charge in [-0.05, 0) is 64.3 Å². The van der Waals surface area contributed by atoms with Crippen LogP contribution < -0.4 is 9.80 Å². The zero-order valence-electron chi connectivity index (χ0n) is 17.9. The minimum absolute atomic E-state index is 0.0552. The molecule has 3 nitrogen and oxygen atoms in total. The Balaban J connectivity index is 1.95. The minimum Gasteiger partial charge on any atom is -0.378 e. The largest absolute Gasteiger partial charge is 0.378 e. The van der Waals surface area contributed by atoms with E-state index in [2.05, 4.69) is 58.3 Å². The number of rotatable bonds is 4. The molecule has 3 heteroatoms. The van der Waals surface area contributed by atoms with E-state index < -0.39 is 0 Å². The molecule has 0 unspecified atom stereocenters. The lowest BCUT2D eigenvalue weighted by Gasteiger charge is -2.21. The van der Waals surface area contributed by atoms with Crippen LogP contribution in [0.3, 0.4) is 0 Å². The molecule has 0 fully saturated rings. The van der Waals surface area contributed by atoms with Gasteiger partial charge in [0.15, 0.2) is 5.78 Å². The average molecular weight is 395 g/mol. The molecule has 0 atom stereocenters. The van der Waals surface area contributed by atoms with Crippen molar-refractivity contribution in [2.24, 2.45) is 0 Å². The zero-order chi connectivity index (χ0) is 21.3. The van der Waals surface area contributed by atoms with E-state index in [1.165, 1.54) is 0 Å². The first-order chi connectivity index (χ1) is 14.5. The van der Waals surface area contributed by atoms with Crippen molar-refractivity contribution in [3.8, 4) is 0 Å². The van der Waals surface area contributed by atoms with Crippen molar-refractivity contribution < 1.29 is 4.79 Å². The van der Waals surface area contributed by atoms with E-state index in [0.29, 0.717) is 0 Å². The van der Waals surface area contributed by atoms with Crippen LogP contribution in [-0.4, -0.2) is 34.0 Å². The summed E-state index contributed by atoms with van der Waals surface area (Å²) >= 11 is 0. The molecule has 0 amide bonds. The average Bonchev–Trinajstić information content (AvgIpc) is 2.76. The van der Waals surface area contributed by atoms with Gasteiger partial charge in [0, 0.05) is 45.1 Å². The van der Waals surface area contributed by atoms with Gasteiger partial charge < -0.3 is 9.80 Å². The maximum Gasteiger partial charge on any atom is 0.186 e. The molecule has 0 aliphatic heterocycles. The molecule has 0 N–H and O–H groups in total. The van der Waals surface area contributed by atoms with E-state index in [-0.39, 0.29) is 5.78 Å². The highest BCUT2D eigenvalue weighted by molar-refractivity contribution is 6.16. The number of carbonyl (C=O) groups excluding carboxylic acids is 1. The molecule has 30 heavy (non-hydrogen) atoms. The van der Waals surface area contributed by atoms with Crippen LogP contribution in [0, 0.1) is 0 Å². The van der Waals surface area contributed by atoms with Crippen LogP contribution in [0.25, 0.3) is 11.1 Å². The highest BCUT2D eigenvalue weighted by atomic mass is 16.1. The lowest BCUT2D eigenvalue weighted by molar-refractivity contribution is 0.104. The van der Waals surface area contributed by atoms with Gasteiger partial charge in [-0.1, -0.05) is 48.5 Å². The summed E-state index contributed by atoms with van der Waals surface area (Å²) in [5.41, 5.74) is 8.49. The van der Waals surface area contributed by atoms with E-state index in [0.717, 1.165) is 44.8 Å². The molecular weight excluding hydrogens is 368 g/mol. The van der Waals surface area contributed by atoms with E-state index in [9.17, 15) is 4.79 Å². The lowest BCUT2D eigenvalue weighted by atomic mass is 9.84. The Morgan fingerprint density at radius 2 is 1.07 bits per heavy atom. The van der Waals surface area contributed by atoms with Crippen molar-refractivity contribution >= 4 is 28.3 Å². The summed E-state index contributed by atoms with van der Waals surface area (Å²) in [5, 5.41) is 0. The fourth-order valence-corrected chi connectivity index (χ4v) is 3.82. The van der Waals surface area contributed by atoms with Crippen LogP contribution >= 0.6 is 0 Å². The lowest BCUT2D eigenvalue weighted by Crippen LogP contribution is -2.09. The number of fused-ring (bicyclic) bond motifs is 1. The summed E-state index contributed by atoms with van der Waals surface area (Å²) < 4.78 is 0. The molecular formula is C27H26N2O. The van der Waals surface area contributed by atoms with Crippen molar-refractivity contribution in [3.63, 3.8) is 0 Å². The third-order valence-corrected chi connectivity index (χ3v) is 5.50. The number of allylic oxidation sites excluding steroid dienone is 3. The Bertz CT molecular complexity index is 1080. The predicted molar refractivity (Wildman–Crippen MR) is 127 cm³/mol. The Hall–Kier alpha value is -3.59. The van der Waals surface area contributed by atoms with Gasteiger partial charge in [-0.3, -0.25) is 4.79 Å². The van der Waals surface area contributed by atoms with E-state index in [4.69, 9.17) is 0 Å². The normalized spacial score (nSPS) is 12.5. The minimum atomic E-state index is 0.0552. The fourth-order valence-electron chi connectivity index (χ4n) is 3.82. The molecule has 0 saturated carbocycles. The number of hydrogen-bond donors (Lipinski definition) is 0. The van der Waals surface area contributed by atoms with Crippen molar-refractivity contribution in [1.29, 1.82) is 0 Å². The zero-order valence-corrected chi connectivity index (χ0v) is 17.9. The number of carbonyl (C=O) groups is 1.